The lowest BCUT2D eigenvalue weighted by Gasteiger charge is -2.34. The van der Waals surface area contributed by atoms with E-state index in [1.54, 1.807) is 7.11 Å². The fraction of sp³-hybridized carbons (Fsp3) is 0.360. The molecule has 1 aromatic heterocycles. The first-order chi connectivity index (χ1) is 14.2. The van der Waals surface area contributed by atoms with E-state index in [0.29, 0.717) is 12.1 Å². The summed E-state index contributed by atoms with van der Waals surface area (Å²) >= 11 is 0. The summed E-state index contributed by atoms with van der Waals surface area (Å²) in [6, 6.07) is 22.3. The summed E-state index contributed by atoms with van der Waals surface area (Å²) in [5, 5.41) is 7.51. The largest absolute Gasteiger partial charge is 0.496 e. The zero-order chi connectivity index (χ0) is 20.2. The Morgan fingerprint density at radius 1 is 1.03 bits per heavy atom. The van der Waals surface area contributed by atoms with Crippen LogP contribution in [0.2, 0.25) is 0 Å². The van der Waals surface area contributed by atoms with E-state index in [-0.39, 0.29) is 0 Å². The van der Waals surface area contributed by atoms with Crippen molar-refractivity contribution < 1.29 is 4.74 Å². The van der Waals surface area contributed by atoms with Gasteiger partial charge in [0.05, 0.1) is 7.11 Å². The van der Waals surface area contributed by atoms with Crippen molar-refractivity contribution in [1.82, 2.24) is 15.2 Å². The average Bonchev–Trinajstić information content (AvgIpc) is 3.11. The molecular formula is C25H31N3O. The first kappa shape index (κ1) is 19.7. The molecule has 152 valence electrons. The number of nitrogens with one attached hydrogen (secondary N) is 2. The number of nitrogens with zero attached hydrogens (tertiary/aromatic N) is 1. The molecule has 0 amide bonds. The Hall–Kier alpha value is -2.56. The van der Waals surface area contributed by atoms with Gasteiger partial charge in [-0.3, -0.25) is 0 Å². The molecule has 29 heavy (non-hydrogen) atoms. The van der Waals surface area contributed by atoms with Gasteiger partial charge in [-0.1, -0.05) is 30.3 Å². The van der Waals surface area contributed by atoms with E-state index < -0.39 is 0 Å². The molecule has 4 nitrogen and oxygen atoms in total. The summed E-state index contributed by atoms with van der Waals surface area (Å²) in [7, 11) is 1.75. The highest BCUT2D eigenvalue weighted by Gasteiger charge is 2.25. The van der Waals surface area contributed by atoms with E-state index >= 15 is 0 Å². The first-order valence-corrected chi connectivity index (χ1v) is 10.5. The molecule has 2 aromatic carbocycles. The van der Waals surface area contributed by atoms with Gasteiger partial charge in [-0.15, -0.1) is 0 Å². The van der Waals surface area contributed by atoms with Crippen LogP contribution in [0.3, 0.4) is 0 Å². The molecule has 2 N–H and O–H groups in total. The van der Waals surface area contributed by atoms with Crippen molar-refractivity contribution in [2.75, 3.05) is 13.7 Å². The Bertz CT molecular complexity index is 928. The molecule has 0 saturated carbocycles. The zero-order valence-electron chi connectivity index (χ0n) is 17.6. The van der Waals surface area contributed by atoms with E-state index in [0.717, 1.165) is 18.8 Å². The van der Waals surface area contributed by atoms with Crippen LogP contribution in [0.25, 0.3) is 5.69 Å². The SMILES string of the molecule is COc1ccc(-n2c(C)ccc2C)cc1CN[C@H]1CCCN[C@H]1c1ccccc1. The minimum Gasteiger partial charge on any atom is -0.496 e. The minimum absolute atomic E-state index is 0.341. The van der Waals surface area contributed by atoms with E-state index in [9.17, 15) is 0 Å². The van der Waals surface area contributed by atoms with Crippen molar-refractivity contribution in [3.63, 3.8) is 0 Å². The van der Waals surface area contributed by atoms with Crippen LogP contribution in [0.4, 0.5) is 0 Å². The molecule has 2 atom stereocenters. The Morgan fingerprint density at radius 2 is 1.79 bits per heavy atom. The number of ether oxygens (including phenoxy) is 1. The highest BCUT2D eigenvalue weighted by molar-refractivity contribution is 5.46. The monoisotopic (exact) mass is 389 g/mol. The predicted octanol–water partition coefficient (Wildman–Crippen LogP) is 4.69. The van der Waals surface area contributed by atoms with Gasteiger partial charge in [0.25, 0.3) is 0 Å². The highest BCUT2D eigenvalue weighted by atomic mass is 16.5. The number of aromatic nitrogens is 1. The summed E-state index contributed by atoms with van der Waals surface area (Å²) < 4.78 is 7.95. The second kappa shape index (κ2) is 8.85. The molecule has 0 bridgehead atoms. The lowest BCUT2D eigenvalue weighted by molar-refractivity contribution is 0.303. The van der Waals surface area contributed by atoms with Crippen LogP contribution in [-0.2, 0) is 6.54 Å². The van der Waals surface area contributed by atoms with Crippen LogP contribution in [-0.4, -0.2) is 24.3 Å². The third kappa shape index (κ3) is 4.24. The topological polar surface area (TPSA) is 38.2 Å². The predicted molar refractivity (Wildman–Crippen MR) is 119 cm³/mol. The van der Waals surface area contributed by atoms with E-state index in [4.69, 9.17) is 4.74 Å². The lowest BCUT2D eigenvalue weighted by atomic mass is 9.92. The quantitative estimate of drug-likeness (QED) is 0.643. The maximum absolute atomic E-state index is 5.66. The number of piperidine rings is 1. The molecule has 4 heteroatoms. The molecule has 4 rings (SSSR count). The van der Waals surface area contributed by atoms with Crippen LogP contribution in [0.5, 0.6) is 5.75 Å². The van der Waals surface area contributed by atoms with Gasteiger partial charge in [-0.25, -0.2) is 0 Å². The Balaban J connectivity index is 1.56. The molecule has 1 saturated heterocycles. The summed E-state index contributed by atoms with van der Waals surface area (Å²) in [6.07, 6.45) is 2.37. The minimum atomic E-state index is 0.341. The van der Waals surface area contributed by atoms with Crippen molar-refractivity contribution in [2.24, 2.45) is 0 Å². The van der Waals surface area contributed by atoms with Crippen molar-refractivity contribution in [1.29, 1.82) is 0 Å². The van der Waals surface area contributed by atoms with Crippen LogP contribution < -0.4 is 15.4 Å². The second-order valence-electron chi connectivity index (χ2n) is 7.92. The number of rotatable bonds is 6. The van der Waals surface area contributed by atoms with Gasteiger partial charge in [0.15, 0.2) is 0 Å². The third-order valence-corrected chi connectivity index (χ3v) is 5.97. The van der Waals surface area contributed by atoms with Gasteiger partial charge in [-0.05, 0) is 69.1 Å². The van der Waals surface area contributed by atoms with Gasteiger partial charge in [0.1, 0.15) is 5.75 Å². The number of benzene rings is 2. The van der Waals surface area contributed by atoms with Crippen molar-refractivity contribution >= 4 is 0 Å². The number of aryl methyl sites for hydroxylation is 2. The van der Waals surface area contributed by atoms with Crippen LogP contribution in [0.1, 0.15) is 41.4 Å². The number of hydrogen-bond donors (Lipinski definition) is 2. The van der Waals surface area contributed by atoms with E-state index in [2.05, 4.69) is 89.7 Å². The highest BCUT2D eigenvalue weighted by Crippen LogP contribution is 2.27. The number of methoxy groups -OCH3 is 1. The summed E-state index contributed by atoms with van der Waals surface area (Å²) in [6.45, 7) is 6.15. The van der Waals surface area contributed by atoms with Gasteiger partial charge < -0.3 is 19.9 Å². The lowest BCUT2D eigenvalue weighted by Crippen LogP contribution is -2.45. The zero-order valence-corrected chi connectivity index (χ0v) is 17.6. The normalized spacial score (nSPS) is 19.3. The third-order valence-electron chi connectivity index (χ3n) is 5.97. The molecular weight excluding hydrogens is 358 g/mol. The summed E-state index contributed by atoms with van der Waals surface area (Å²) in [5.41, 5.74) is 6.21. The number of hydrogen-bond acceptors (Lipinski definition) is 3. The maximum Gasteiger partial charge on any atom is 0.123 e. The Kier molecular flexibility index (Phi) is 6.02. The molecule has 0 unspecified atom stereocenters. The first-order valence-electron chi connectivity index (χ1n) is 10.5. The fourth-order valence-electron chi connectivity index (χ4n) is 4.48. The van der Waals surface area contributed by atoms with Gasteiger partial charge >= 0.3 is 0 Å². The smallest absolute Gasteiger partial charge is 0.123 e. The molecule has 0 aliphatic carbocycles. The Labute approximate surface area is 173 Å². The van der Waals surface area contributed by atoms with E-state index in [1.165, 1.54) is 41.0 Å². The summed E-state index contributed by atoms with van der Waals surface area (Å²) in [5.74, 6) is 0.934. The van der Waals surface area contributed by atoms with E-state index in [1.807, 2.05) is 0 Å². The molecule has 0 radical (unpaired) electrons. The summed E-state index contributed by atoms with van der Waals surface area (Å²) in [4.78, 5) is 0. The molecule has 1 aliphatic heterocycles. The van der Waals surface area contributed by atoms with Gasteiger partial charge in [0, 0.05) is 41.3 Å². The molecule has 2 heterocycles. The van der Waals surface area contributed by atoms with Crippen LogP contribution in [0.15, 0.2) is 60.7 Å². The standard InChI is InChI=1S/C25H31N3O/c1-18-11-12-19(2)28(18)22-13-14-24(29-3)21(16-22)17-27-23-10-7-15-26-25(23)20-8-5-4-6-9-20/h4-6,8-9,11-14,16,23,25-27H,7,10,15,17H2,1-3H3/t23-,25-/m0/s1. The molecule has 0 spiro atoms. The molecule has 1 fully saturated rings. The fourth-order valence-corrected chi connectivity index (χ4v) is 4.48. The molecule has 1 aliphatic rings. The molecule has 3 aromatic rings. The Morgan fingerprint density at radius 3 is 2.52 bits per heavy atom. The van der Waals surface area contributed by atoms with Gasteiger partial charge in [0.2, 0.25) is 0 Å². The second-order valence-corrected chi connectivity index (χ2v) is 7.92. The van der Waals surface area contributed by atoms with Crippen molar-refractivity contribution in [2.45, 2.75) is 45.3 Å². The van der Waals surface area contributed by atoms with Crippen LogP contribution >= 0.6 is 0 Å². The van der Waals surface area contributed by atoms with Crippen LogP contribution in [0, 0.1) is 13.8 Å². The van der Waals surface area contributed by atoms with Gasteiger partial charge in [-0.2, -0.15) is 0 Å². The van der Waals surface area contributed by atoms with Crippen molar-refractivity contribution in [3.05, 3.63) is 83.2 Å². The van der Waals surface area contributed by atoms with Crippen molar-refractivity contribution in [3.8, 4) is 11.4 Å². The average molecular weight is 390 g/mol. The maximum atomic E-state index is 5.66.